The third-order valence-corrected chi connectivity index (χ3v) is 6.64. The number of amides is 2. The predicted octanol–water partition coefficient (Wildman–Crippen LogP) is 1.66. The number of aliphatic imine (C=N–C) groups is 1. The van der Waals surface area contributed by atoms with Crippen LogP contribution in [0.3, 0.4) is 0 Å². The van der Waals surface area contributed by atoms with Crippen LogP contribution in [0.4, 0.5) is 17.5 Å². The van der Waals surface area contributed by atoms with Crippen molar-refractivity contribution in [2.75, 3.05) is 23.3 Å². The lowest BCUT2D eigenvalue weighted by atomic mass is 10.1. The summed E-state index contributed by atoms with van der Waals surface area (Å²) in [6, 6.07) is 3.78. The fraction of sp³-hybridized carbons (Fsp3) is 0.370. The molecule has 0 fully saturated rings. The molecule has 0 spiro atoms. The number of anilines is 2. The second kappa shape index (κ2) is 16.0. The lowest BCUT2D eigenvalue weighted by Gasteiger charge is -2.16. The number of nitrogens with zero attached hydrogens (tertiary/aromatic N) is 2. The number of aromatic nitrogens is 2. The molecule has 2 aromatic rings. The number of H-pyrrole nitrogens is 1. The van der Waals surface area contributed by atoms with E-state index in [0.29, 0.717) is 17.8 Å². The van der Waals surface area contributed by atoms with Crippen molar-refractivity contribution in [3.05, 3.63) is 56.9 Å². The Labute approximate surface area is 247 Å². The molecule has 0 bridgehead atoms. The number of nitrogens with one attached hydrogen (secondary N) is 4. The molecule has 0 radical (unpaired) electrons. The summed E-state index contributed by atoms with van der Waals surface area (Å²) in [5.41, 5.74) is 8.39. The standard InChI is InChI=1S/C27H35N7O7S/c1-4-14(2)17(12-30-22-15(3)23(36)34-27(28)33-22)11-29-18-7-5-16(6-8-18)24(37)32-19(25(38)39)9-10-21(35)31-20(13-42)26(40)41/h5-8,12,19-20,29,42H,4,9-11,13H2,1-3H3,(H,31,35)(H,32,37)(H,38,39)(H,40,41)(H3,28,33,34,36)/b17-14+,30-12?. The first-order valence-electron chi connectivity index (χ1n) is 13.0. The number of nitrogens with two attached hydrogens (primary N) is 1. The molecule has 8 N–H and O–H groups in total. The number of carboxylic acids is 2. The third-order valence-electron chi connectivity index (χ3n) is 6.27. The van der Waals surface area contributed by atoms with E-state index in [1.807, 2.05) is 13.8 Å². The topological polar surface area (TPSA) is 229 Å². The zero-order valence-electron chi connectivity index (χ0n) is 23.4. The Balaban J connectivity index is 2.02. The maximum Gasteiger partial charge on any atom is 0.327 e. The summed E-state index contributed by atoms with van der Waals surface area (Å²) in [6.07, 6.45) is 1.83. The van der Waals surface area contributed by atoms with Gasteiger partial charge in [0.15, 0.2) is 5.82 Å². The van der Waals surface area contributed by atoms with Gasteiger partial charge in [-0.3, -0.25) is 19.4 Å². The highest BCUT2D eigenvalue weighted by molar-refractivity contribution is 7.80. The normalized spacial score (nSPS) is 13.1. The molecule has 0 saturated carbocycles. The number of hydrogen-bond donors (Lipinski definition) is 8. The third kappa shape index (κ3) is 10.1. The lowest BCUT2D eigenvalue weighted by molar-refractivity contribution is -0.142. The number of carbonyl (C=O) groups is 4. The average Bonchev–Trinajstić information content (AvgIpc) is 2.95. The Hall–Kier alpha value is -4.66. The van der Waals surface area contributed by atoms with Crippen LogP contribution in [0.2, 0.25) is 0 Å². The van der Waals surface area contributed by atoms with Crippen LogP contribution in [0.15, 0.2) is 45.2 Å². The number of hydrogen-bond acceptors (Lipinski definition) is 10. The molecule has 0 saturated heterocycles. The fourth-order valence-electron chi connectivity index (χ4n) is 3.50. The van der Waals surface area contributed by atoms with Crippen molar-refractivity contribution >= 4 is 60.0 Å². The number of rotatable bonds is 15. The van der Waals surface area contributed by atoms with Crippen LogP contribution in [0.5, 0.6) is 0 Å². The van der Waals surface area contributed by atoms with Gasteiger partial charge in [0.1, 0.15) is 12.1 Å². The molecule has 2 atom stereocenters. The maximum absolute atomic E-state index is 12.7. The molecule has 1 aromatic heterocycles. The van der Waals surface area contributed by atoms with Crippen molar-refractivity contribution in [1.82, 2.24) is 20.6 Å². The van der Waals surface area contributed by atoms with Gasteiger partial charge in [-0.1, -0.05) is 12.5 Å². The first-order valence-corrected chi connectivity index (χ1v) is 13.6. The number of benzene rings is 1. The molecular formula is C27H35N7O7S. The van der Waals surface area contributed by atoms with Crippen molar-refractivity contribution in [1.29, 1.82) is 0 Å². The Bertz CT molecular complexity index is 1420. The summed E-state index contributed by atoms with van der Waals surface area (Å²) < 4.78 is 0. The lowest BCUT2D eigenvalue weighted by Crippen LogP contribution is -2.44. The Morgan fingerprint density at radius 1 is 1.12 bits per heavy atom. The minimum absolute atomic E-state index is 0.0314. The van der Waals surface area contributed by atoms with Crippen LogP contribution in [0.25, 0.3) is 0 Å². The summed E-state index contributed by atoms with van der Waals surface area (Å²) >= 11 is 3.86. The summed E-state index contributed by atoms with van der Waals surface area (Å²) in [5.74, 6) is -3.86. The smallest absolute Gasteiger partial charge is 0.327 e. The minimum atomic E-state index is -1.36. The van der Waals surface area contributed by atoms with Crippen molar-refractivity contribution in [3.63, 3.8) is 0 Å². The number of aliphatic carboxylic acids is 2. The van der Waals surface area contributed by atoms with E-state index >= 15 is 0 Å². The van der Waals surface area contributed by atoms with E-state index in [-0.39, 0.29) is 41.5 Å². The molecule has 226 valence electrons. The van der Waals surface area contributed by atoms with Gasteiger partial charge in [0.25, 0.3) is 11.5 Å². The average molecular weight is 602 g/mol. The van der Waals surface area contributed by atoms with Gasteiger partial charge in [0.05, 0.1) is 5.56 Å². The van der Waals surface area contributed by atoms with Gasteiger partial charge in [-0.2, -0.15) is 17.6 Å². The van der Waals surface area contributed by atoms with Crippen molar-refractivity contribution in [2.45, 2.75) is 52.1 Å². The van der Waals surface area contributed by atoms with E-state index in [0.717, 1.165) is 17.6 Å². The van der Waals surface area contributed by atoms with Gasteiger partial charge in [-0.25, -0.2) is 14.6 Å². The molecule has 0 aliphatic carbocycles. The zero-order chi connectivity index (χ0) is 31.4. The number of nitrogen functional groups attached to an aromatic ring is 1. The molecule has 0 aliphatic heterocycles. The van der Waals surface area contributed by atoms with E-state index in [4.69, 9.17) is 10.8 Å². The molecule has 0 aliphatic rings. The molecule has 1 heterocycles. The van der Waals surface area contributed by atoms with E-state index in [2.05, 4.69) is 43.5 Å². The first kappa shape index (κ1) is 33.5. The van der Waals surface area contributed by atoms with Gasteiger partial charge in [0.2, 0.25) is 11.9 Å². The number of carboxylic acid groups (broad SMARTS) is 2. The number of carbonyl (C=O) groups excluding carboxylic acids is 2. The van der Waals surface area contributed by atoms with Crippen LogP contribution in [-0.2, 0) is 14.4 Å². The predicted molar refractivity (Wildman–Crippen MR) is 162 cm³/mol. The van der Waals surface area contributed by atoms with Gasteiger partial charge >= 0.3 is 11.9 Å². The fourth-order valence-corrected chi connectivity index (χ4v) is 3.75. The van der Waals surface area contributed by atoms with Crippen LogP contribution >= 0.6 is 12.6 Å². The van der Waals surface area contributed by atoms with Crippen molar-refractivity contribution in [3.8, 4) is 0 Å². The summed E-state index contributed by atoms with van der Waals surface area (Å²) in [7, 11) is 0. The number of allylic oxidation sites excluding steroid dienone is 1. The van der Waals surface area contributed by atoms with Gasteiger partial charge in [-0.15, -0.1) is 0 Å². The van der Waals surface area contributed by atoms with Crippen molar-refractivity contribution < 1.29 is 29.4 Å². The van der Waals surface area contributed by atoms with Gasteiger partial charge in [0, 0.05) is 36.2 Å². The van der Waals surface area contributed by atoms with E-state index in [1.54, 1.807) is 25.3 Å². The Morgan fingerprint density at radius 2 is 1.76 bits per heavy atom. The Morgan fingerprint density at radius 3 is 2.33 bits per heavy atom. The molecule has 14 nitrogen and oxygen atoms in total. The molecule has 1 aromatic carbocycles. The summed E-state index contributed by atoms with van der Waals surface area (Å²) in [5, 5.41) is 26.3. The summed E-state index contributed by atoms with van der Waals surface area (Å²) in [6.45, 7) is 5.93. The zero-order valence-corrected chi connectivity index (χ0v) is 24.3. The van der Waals surface area contributed by atoms with E-state index in [1.165, 1.54) is 12.1 Å². The van der Waals surface area contributed by atoms with Crippen LogP contribution < -0.4 is 27.2 Å². The number of aromatic amines is 1. The van der Waals surface area contributed by atoms with E-state index < -0.39 is 35.8 Å². The van der Waals surface area contributed by atoms with E-state index in [9.17, 15) is 29.1 Å². The minimum Gasteiger partial charge on any atom is -0.480 e. The second-order valence-electron chi connectivity index (χ2n) is 9.29. The summed E-state index contributed by atoms with van der Waals surface area (Å²) in [4.78, 5) is 70.1. The highest BCUT2D eigenvalue weighted by Gasteiger charge is 2.23. The quantitative estimate of drug-likeness (QED) is 0.109. The molecule has 2 unspecified atom stereocenters. The van der Waals surface area contributed by atoms with Crippen LogP contribution in [0, 0.1) is 6.92 Å². The largest absolute Gasteiger partial charge is 0.480 e. The van der Waals surface area contributed by atoms with Gasteiger partial charge < -0.3 is 31.9 Å². The monoisotopic (exact) mass is 601 g/mol. The first-order chi connectivity index (χ1) is 19.9. The van der Waals surface area contributed by atoms with Gasteiger partial charge in [-0.05, 0) is 56.5 Å². The molecule has 2 rings (SSSR count). The highest BCUT2D eigenvalue weighted by Crippen LogP contribution is 2.16. The second-order valence-corrected chi connectivity index (χ2v) is 9.66. The molecule has 2 amide bonds. The SMILES string of the molecule is CC/C(C)=C(/C=Nc1nc(N)[nH]c(=O)c1C)CNc1ccc(C(=O)NC(CCC(=O)NC(CS)C(=O)O)C(=O)O)cc1. The molecular weight excluding hydrogens is 566 g/mol. The van der Waals surface area contributed by atoms with Crippen LogP contribution in [-0.4, -0.2) is 74.5 Å². The Kier molecular flexibility index (Phi) is 12.7. The van der Waals surface area contributed by atoms with Crippen molar-refractivity contribution in [2.24, 2.45) is 4.99 Å². The highest BCUT2D eigenvalue weighted by atomic mass is 32.1. The molecule has 42 heavy (non-hydrogen) atoms. The molecule has 15 heteroatoms. The van der Waals surface area contributed by atoms with Crippen LogP contribution in [0.1, 0.15) is 49.0 Å². The number of thiol groups is 1. The maximum atomic E-state index is 12.7.